The molecule has 4 aromatic rings. The van der Waals surface area contributed by atoms with Gasteiger partial charge < -0.3 is 15.1 Å². The Bertz CT molecular complexity index is 1640. The fourth-order valence-electron chi connectivity index (χ4n) is 4.09. The van der Waals surface area contributed by atoms with Crippen LogP contribution in [0, 0.1) is 23.0 Å². The van der Waals surface area contributed by atoms with Crippen LogP contribution in [0.25, 0.3) is 33.6 Å². The van der Waals surface area contributed by atoms with Crippen molar-refractivity contribution in [3.63, 3.8) is 0 Å². The number of benzene rings is 2. The van der Waals surface area contributed by atoms with Crippen molar-refractivity contribution in [2.75, 3.05) is 7.05 Å². The van der Waals surface area contributed by atoms with Gasteiger partial charge in [0.05, 0.1) is 28.3 Å². The number of amides is 2. The number of hydrogen-bond acceptors (Lipinski definition) is 5. The van der Waals surface area contributed by atoms with E-state index in [0.717, 1.165) is 24.3 Å². The summed E-state index contributed by atoms with van der Waals surface area (Å²) in [5, 5.41) is 13.9. The third-order valence-electron chi connectivity index (χ3n) is 6.03. The topological polar surface area (TPSA) is 108 Å². The summed E-state index contributed by atoms with van der Waals surface area (Å²) in [6.07, 6.45) is -6.34. The lowest BCUT2D eigenvalue weighted by molar-refractivity contribution is -0.134. The number of hydrogen-bond donors (Lipinski definition) is 2. The third-order valence-corrected chi connectivity index (χ3v) is 6.03. The molecule has 0 fully saturated rings. The number of pyridine rings is 1. The molecule has 0 bridgehead atoms. The highest BCUT2D eigenvalue weighted by Gasteiger charge is 2.29. The fraction of sp³-hybridized carbons (Fsp3) is 0.214. The van der Waals surface area contributed by atoms with Crippen molar-refractivity contribution in [3.8, 4) is 28.5 Å². The van der Waals surface area contributed by atoms with Gasteiger partial charge in [0, 0.05) is 24.6 Å². The highest BCUT2D eigenvalue weighted by atomic mass is 19.4. The van der Waals surface area contributed by atoms with Crippen molar-refractivity contribution in [2.45, 2.75) is 32.0 Å². The third kappa shape index (κ3) is 5.93. The van der Waals surface area contributed by atoms with Gasteiger partial charge >= 0.3 is 6.18 Å². The van der Waals surface area contributed by atoms with Gasteiger partial charge in [-0.15, -0.1) is 0 Å². The first-order valence-electron chi connectivity index (χ1n) is 11.9. The number of fused-ring (bicyclic) bond motifs is 1. The van der Waals surface area contributed by atoms with E-state index >= 15 is 0 Å². The van der Waals surface area contributed by atoms with Crippen molar-refractivity contribution in [1.29, 1.82) is 5.26 Å². The summed E-state index contributed by atoms with van der Waals surface area (Å²) in [4.78, 5) is 29.8. The van der Waals surface area contributed by atoms with E-state index in [9.17, 15) is 31.5 Å². The van der Waals surface area contributed by atoms with E-state index in [1.807, 2.05) is 0 Å². The average molecular weight is 556 g/mol. The fourth-order valence-corrected chi connectivity index (χ4v) is 4.09. The lowest BCUT2D eigenvalue weighted by Crippen LogP contribution is -2.31. The Kier molecular flexibility index (Phi) is 7.86. The Morgan fingerprint density at radius 2 is 1.73 bits per heavy atom. The quantitative estimate of drug-likeness (QED) is 0.274. The van der Waals surface area contributed by atoms with Gasteiger partial charge in [0.1, 0.15) is 23.4 Å². The molecule has 0 unspecified atom stereocenters. The van der Waals surface area contributed by atoms with Gasteiger partial charge in [-0.05, 0) is 61.4 Å². The molecular formula is C28H21F5N4O3. The number of nitriles is 1. The van der Waals surface area contributed by atoms with E-state index in [1.165, 1.54) is 38.2 Å². The summed E-state index contributed by atoms with van der Waals surface area (Å²) < 4.78 is 73.5. The molecule has 206 valence electrons. The lowest BCUT2D eigenvalue weighted by Gasteiger charge is -2.13. The van der Waals surface area contributed by atoms with Crippen LogP contribution in [0.4, 0.5) is 22.0 Å². The van der Waals surface area contributed by atoms with Crippen LogP contribution in [0.15, 0.2) is 52.9 Å². The number of nitrogens with one attached hydrogen (secondary N) is 2. The second-order valence-electron chi connectivity index (χ2n) is 8.86. The van der Waals surface area contributed by atoms with Crippen LogP contribution in [0.3, 0.4) is 0 Å². The lowest BCUT2D eigenvalue weighted by atomic mass is 9.96. The molecule has 0 aliphatic heterocycles. The van der Waals surface area contributed by atoms with Gasteiger partial charge in [0.15, 0.2) is 0 Å². The number of carbonyl (C=O) groups excluding carboxylic acids is 2. The minimum atomic E-state index is -4.52. The van der Waals surface area contributed by atoms with E-state index in [4.69, 9.17) is 9.68 Å². The summed E-state index contributed by atoms with van der Waals surface area (Å²) in [6, 6.07) is 10.7. The molecule has 2 aromatic carbocycles. The SMILES string of the molecule is CNC(=O)c1c(-c2ccc(F)cc2)oc2nc(CCC(F)(F)F)c(-c3ccc(F)c(C(=O)N[C@@H](C)C#N)c3)cc12. The Morgan fingerprint density at radius 3 is 2.35 bits per heavy atom. The number of furan rings is 1. The molecule has 2 heterocycles. The summed E-state index contributed by atoms with van der Waals surface area (Å²) in [7, 11) is 1.37. The molecule has 12 heteroatoms. The van der Waals surface area contributed by atoms with Gasteiger partial charge in [0.2, 0.25) is 5.71 Å². The van der Waals surface area contributed by atoms with Crippen LogP contribution >= 0.6 is 0 Å². The molecule has 0 spiro atoms. The molecular weight excluding hydrogens is 535 g/mol. The minimum absolute atomic E-state index is 0.00292. The number of alkyl halides is 3. The zero-order chi connectivity index (χ0) is 29.2. The minimum Gasteiger partial charge on any atom is -0.437 e. The molecule has 2 N–H and O–H groups in total. The first-order valence-corrected chi connectivity index (χ1v) is 11.9. The molecule has 2 aromatic heterocycles. The standard InChI is InChI=1S/C28H21F5N4O3/c1-14(13-34)36-25(38)19-11-16(5-8-21(19)30)18-12-20-23(26(39)35-2)24(15-3-6-17(29)7-4-15)40-27(20)37-22(18)9-10-28(31,32)33/h3-8,11-12,14H,9-10H2,1-2H3,(H,35,39)(H,36,38)/t14-/m0/s1. The number of nitrogens with zero attached hydrogens (tertiary/aromatic N) is 2. The second kappa shape index (κ2) is 11.1. The average Bonchev–Trinajstić information content (AvgIpc) is 3.29. The molecule has 0 saturated carbocycles. The molecule has 1 atom stereocenters. The van der Waals surface area contributed by atoms with Crippen LogP contribution in [0.2, 0.25) is 0 Å². The highest BCUT2D eigenvalue weighted by molar-refractivity contribution is 6.11. The predicted octanol–water partition coefficient (Wildman–Crippen LogP) is 5.94. The first-order chi connectivity index (χ1) is 18.9. The van der Waals surface area contributed by atoms with Crippen LogP contribution < -0.4 is 10.6 Å². The Balaban J connectivity index is 1.96. The van der Waals surface area contributed by atoms with E-state index in [1.54, 1.807) is 6.07 Å². The molecule has 2 amide bonds. The molecule has 0 radical (unpaired) electrons. The van der Waals surface area contributed by atoms with Crippen LogP contribution in [-0.4, -0.2) is 36.1 Å². The normalized spacial score (nSPS) is 12.2. The molecule has 4 rings (SSSR count). The van der Waals surface area contributed by atoms with Crippen molar-refractivity contribution < 1.29 is 36.0 Å². The van der Waals surface area contributed by atoms with Crippen LogP contribution in [0.1, 0.15) is 39.8 Å². The number of aromatic nitrogens is 1. The molecule has 0 saturated heterocycles. The van der Waals surface area contributed by atoms with E-state index < -0.39 is 54.1 Å². The maximum Gasteiger partial charge on any atom is 0.389 e. The van der Waals surface area contributed by atoms with E-state index in [0.29, 0.717) is 5.56 Å². The van der Waals surface area contributed by atoms with Crippen molar-refractivity contribution in [3.05, 3.63) is 77.0 Å². The second-order valence-corrected chi connectivity index (χ2v) is 8.86. The van der Waals surface area contributed by atoms with Gasteiger partial charge in [0.25, 0.3) is 11.8 Å². The number of halogens is 5. The molecule has 0 aliphatic rings. The van der Waals surface area contributed by atoms with Crippen molar-refractivity contribution >= 4 is 22.9 Å². The predicted molar refractivity (Wildman–Crippen MR) is 135 cm³/mol. The van der Waals surface area contributed by atoms with Gasteiger partial charge in [-0.3, -0.25) is 9.59 Å². The Morgan fingerprint density at radius 1 is 1.05 bits per heavy atom. The van der Waals surface area contributed by atoms with Crippen LogP contribution in [0.5, 0.6) is 0 Å². The van der Waals surface area contributed by atoms with Crippen molar-refractivity contribution in [1.82, 2.24) is 15.6 Å². The number of rotatable bonds is 7. The van der Waals surface area contributed by atoms with Gasteiger partial charge in [-0.1, -0.05) is 6.07 Å². The number of aryl methyl sites for hydroxylation is 1. The Labute approximate surface area is 224 Å². The Hall–Kier alpha value is -4.79. The summed E-state index contributed by atoms with van der Waals surface area (Å²) in [5.74, 6) is -2.92. The smallest absolute Gasteiger partial charge is 0.389 e. The molecule has 0 aliphatic carbocycles. The maximum absolute atomic E-state index is 14.6. The van der Waals surface area contributed by atoms with E-state index in [2.05, 4.69) is 15.6 Å². The van der Waals surface area contributed by atoms with Gasteiger partial charge in [-0.25, -0.2) is 13.8 Å². The maximum atomic E-state index is 14.6. The largest absolute Gasteiger partial charge is 0.437 e. The highest BCUT2D eigenvalue weighted by Crippen LogP contribution is 2.37. The van der Waals surface area contributed by atoms with Gasteiger partial charge in [-0.2, -0.15) is 18.4 Å². The van der Waals surface area contributed by atoms with E-state index in [-0.39, 0.29) is 39.2 Å². The molecule has 40 heavy (non-hydrogen) atoms. The van der Waals surface area contributed by atoms with Crippen LogP contribution in [-0.2, 0) is 6.42 Å². The van der Waals surface area contributed by atoms with Crippen molar-refractivity contribution in [2.24, 2.45) is 0 Å². The summed E-state index contributed by atoms with van der Waals surface area (Å²) in [6.45, 7) is 1.39. The summed E-state index contributed by atoms with van der Waals surface area (Å²) >= 11 is 0. The zero-order valence-electron chi connectivity index (χ0n) is 21.1. The monoisotopic (exact) mass is 556 g/mol. The summed E-state index contributed by atoms with van der Waals surface area (Å²) in [5.41, 5.74) is -0.0669. The first kappa shape index (κ1) is 28.2. The molecule has 7 nitrogen and oxygen atoms in total. The zero-order valence-corrected chi connectivity index (χ0v) is 21.1. The number of carbonyl (C=O) groups is 2.